The normalized spacial score (nSPS) is 23.2. The summed E-state index contributed by atoms with van der Waals surface area (Å²) in [5, 5.41) is 0. The molecule has 0 radical (unpaired) electrons. The number of nitrogens with zero attached hydrogens (tertiary/aromatic N) is 2. The smallest absolute Gasteiger partial charge is 0.222 e. The van der Waals surface area contributed by atoms with Crippen molar-refractivity contribution < 1.29 is 9.53 Å². The van der Waals surface area contributed by atoms with Crippen LogP contribution in [0.5, 0.6) is 0 Å². The molecule has 2 aliphatic rings. The Morgan fingerprint density at radius 2 is 1.85 bits per heavy atom. The minimum absolute atomic E-state index is 0.387. The third kappa shape index (κ3) is 4.45. The average Bonchev–Trinajstić information content (AvgIpc) is 3.00. The highest BCUT2D eigenvalue weighted by atomic mass is 16.5. The summed E-state index contributed by atoms with van der Waals surface area (Å²) in [6.07, 6.45) is 6.71. The summed E-state index contributed by atoms with van der Waals surface area (Å²) in [5.74, 6) is 1.13. The van der Waals surface area contributed by atoms with Crippen LogP contribution in [-0.2, 0) is 9.53 Å². The Morgan fingerprint density at radius 1 is 1.20 bits per heavy atom. The van der Waals surface area contributed by atoms with Crippen LogP contribution in [0.1, 0.15) is 45.4 Å². The summed E-state index contributed by atoms with van der Waals surface area (Å²) in [6, 6.07) is 0.521. The molecule has 1 amide bonds. The quantitative estimate of drug-likeness (QED) is 0.748. The van der Waals surface area contributed by atoms with E-state index < -0.39 is 0 Å². The summed E-state index contributed by atoms with van der Waals surface area (Å²) in [6.45, 7) is 7.36. The van der Waals surface area contributed by atoms with E-state index in [9.17, 15) is 4.79 Å². The zero-order valence-corrected chi connectivity index (χ0v) is 13.1. The Balaban J connectivity index is 1.63. The van der Waals surface area contributed by atoms with E-state index in [1.165, 1.54) is 25.7 Å². The van der Waals surface area contributed by atoms with Crippen molar-refractivity contribution in [3.8, 4) is 0 Å². The van der Waals surface area contributed by atoms with Crippen LogP contribution in [0, 0.1) is 5.92 Å². The van der Waals surface area contributed by atoms with Crippen LogP contribution >= 0.6 is 0 Å². The minimum Gasteiger partial charge on any atom is -0.383 e. The lowest BCUT2D eigenvalue weighted by Crippen LogP contribution is -2.42. The van der Waals surface area contributed by atoms with E-state index in [1.807, 2.05) is 0 Å². The Morgan fingerprint density at radius 3 is 2.45 bits per heavy atom. The maximum absolute atomic E-state index is 12.0. The topological polar surface area (TPSA) is 32.8 Å². The zero-order chi connectivity index (χ0) is 14.4. The van der Waals surface area contributed by atoms with Crippen molar-refractivity contribution in [1.82, 2.24) is 9.80 Å². The number of methoxy groups -OCH3 is 1. The molecule has 2 heterocycles. The number of hydrogen-bond donors (Lipinski definition) is 0. The lowest BCUT2D eigenvalue weighted by atomic mass is 9.91. The molecule has 0 aromatic heterocycles. The molecule has 2 aliphatic heterocycles. The summed E-state index contributed by atoms with van der Waals surface area (Å²) >= 11 is 0. The molecule has 0 N–H and O–H groups in total. The Bertz CT molecular complexity index is 295. The van der Waals surface area contributed by atoms with Crippen LogP contribution in [0.3, 0.4) is 0 Å². The fourth-order valence-corrected chi connectivity index (χ4v) is 3.48. The van der Waals surface area contributed by atoms with Gasteiger partial charge in [-0.3, -0.25) is 9.69 Å². The van der Waals surface area contributed by atoms with E-state index in [-0.39, 0.29) is 0 Å². The van der Waals surface area contributed by atoms with Crippen LogP contribution in [0.25, 0.3) is 0 Å². The van der Waals surface area contributed by atoms with Crippen molar-refractivity contribution in [2.24, 2.45) is 5.92 Å². The SMILES string of the molecule is COC[C@H](C)N1CCC(CCC(=O)N2CCCC2)CC1. The van der Waals surface area contributed by atoms with E-state index in [4.69, 9.17) is 4.74 Å². The Kier molecular flexibility index (Phi) is 6.30. The first-order chi connectivity index (χ1) is 9.70. The largest absolute Gasteiger partial charge is 0.383 e. The van der Waals surface area contributed by atoms with Gasteiger partial charge < -0.3 is 9.64 Å². The Hall–Kier alpha value is -0.610. The summed E-state index contributed by atoms with van der Waals surface area (Å²) < 4.78 is 5.23. The number of carbonyl (C=O) groups excluding carboxylic acids is 1. The van der Waals surface area contributed by atoms with Crippen molar-refractivity contribution in [3.63, 3.8) is 0 Å². The van der Waals surface area contributed by atoms with E-state index in [2.05, 4.69) is 16.7 Å². The summed E-state index contributed by atoms with van der Waals surface area (Å²) in [5.41, 5.74) is 0. The average molecular weight is 282 g/mol. The van der Waals surface area contributed by atoms with Crippen molar-refractivity contribution in [1.29, 1.82) is 0 Å². The molecule has 0 aliphatic carbocycles. The van der Waals surface area contributed by atoms with Crippen LogP contribution in [0.4, 0.5) is 0 Å². The van der Waals surface area contributed by atoms with Crippen LogP contribution in [-0.4, -0.2) is 61.6 Å². The number of hydrogen-bond acceptors (Lipinski definition) is 3. The second-order valence-electron chi connectivity index (χ2n) is 6.41. The van der Waals surface area contributed by atoms with Gasteiger partial charge in [0, 0.05) is 32.7 Å². The molecule has 2 saturated heterocycles. The fourth-order valence-electron chi connectivity index (χ4n) is 3.48. The second-order valence-corrected chi connectivity index (χ2v) is 6.41. The van der Waals surface area contributed by atoms with Crippen LogP contribution in [0.2, 0.25) is 0 Å². The molecular weight excluding hydrogens is 252 g/mol. The van der Waals surface area contributed by atoms with Gasteiger partial charge in [0.1, 0.15) is 0 Å². The summed E-state index contributed by atoms with van der Waals surface area (Å²) in [4.78, 5) is 16.6. The van der Waals surface area contributed by atoms with Gasteiger partial charge >= 0.3 is 0 Å². The van der Waals surface area contributed by atoms with Crippen molar-refractivity contribution in [3.05, 3.63) is 0 Å². The first kappa shape index (κ1) is 15.8. The predicted octanol–water partition coefficient (Wildman–Crippen LogP) is 2.14. The highest BCUT2D eigenvalue weighted by Crippen LogP contribution is 2.24. The van der Waals surface area contributed by atoms with Gasteiger partial charge in [0.25, 0.3) is 0 Å². The monoisotopic (exact) mass is 282 g/mol. The van der Waals surface area contributed by atoms with Crippen molar-refractivity contribution in [2.75, 3.05) is 39.9 Å². The molecule has 2 rings (SSSR count). The van der Waals surface area contributed by atoms with Crippen molar-refractivity contribution >= 4 is 5.91 Å². The highest BCUT2D eigenvalue weighted by molar-refractivity contribution is 5.76. The van der Waals surface area contributed by atoms with Gasteiger partial charge in [-0.2, -0.15) is 0 Å². The van der Waals surface area contributed by atoms with Gasteiger partial charge in [-0.05, 0) is 58.0 Å². The van der Waals surface area contributed by atoms with Crippen LogP contribution < -0.4 is 0 Å². The molecule has 0 bridgehead atoms. The van der Waals surface area contributed by atoms with Crippen LogP contribution in [0.15, 0.2) is 0 Å². The number of amides is 1. The number of carbonyl (C=O) groups is 1. The van der Waals surface area contributed by atoms with Gasteiger partial charge in [0.2, 0.25) is 5.91 Å². The first-order valence-electron chi connectivity index (χ1n) is 8.21. The zero-order valence-electron chi connectivity index (χ0n) is 13.1. The molecule has 0 aromatic carbocycles. The van der Waals surface area contributed by atoms with Gasteiger partial charge in [0.05, 0.1) is 6.61 Å². The third-order valence-electron chi connectivity index (χ3n) is 4.91. The summed E-state index contributed by atoms with van der Waals surface area (Å²) in [7, 11) is 1.77. The Labute approximate surface area is 123 Å². The van der Waals surface area contributed by atoms with E-state index in [0.29, 0.717) is 11.9 Å². The number of rotatable bonds is 6. The van der Waals surface area contributed by atoms with Gasteiger partial charge in [-0.15, -0.1) is 0 Å². The maximum Gasteiger partial charge on any atom is 0.222 e. The van der Waals surface area contributed by atoms with Gasteiger partial charge in [-0.25, -0.2) is 0 Å². The minimum atomic E-state index is 0.387. The molecule has 116 valence electrons. The molecule has 0 unspecified atom stereocenters. The molecule has 0 spiro atoms. The molecular formula is C16H30N2O2. The highest BCUT2D eigenvalue weighted by Gasteiger charge is 2.24. The lowest BCUT2D eigenvalue weighted by Gasteiger charge is -2.35. The number of ether oxygens (including phenoxy) is 1. The standard InChI is InChI=1S/C16H30N2O2/c1-14(13-20-2)17-11-7-15(8-12-17)5-6-16(19)18-9-3-4-10-18/h14-15H,3-13H2,1-2H3/t14-/m0/s1. The molecule has 0 aromatic rings. The maximum atomic E-state index is 12.0. The molecule has 1 atom stereocenters. The molecule has 4 nitrogen and oxygen atoms in total. The van der Waals surface area contributed by atoms with Gasteiger partial charge in [0.15, 0.2) is 0 Å². The van der Waals surface area contributed by atoms with E-state index in [1.54, 1.807) is 7.11 Å². The van der Waals surface area contributed by atoms with Crippen molar-refractivity contribution in [2.45, 2.75) is 51.5 Å². The lowest BCUT2D eigenvalue weighted by molar-refractivity contribution is -0.130. The number of piperidine rings is 1. The molecule has 4 heteroatoms. The van der Waals surface area contributed by atoms with E-state index in [0.717, 1.165) is 51.5 Å². The number of likely N-dealkylation sites (tertiary alicyclic amines) is 2. The van der Waals surface area contributed by atoms with Gasteiger partial charge in [-0.1, -0.05) is 0 Å². The first-order valence-corrected chi connectivity index (χ1v) is 8.21. The predicted molar refractivity (Wildman–Crippen MR) is 80.7 cm³/mol. The second kappa shape index (κ2) is 7.99. The fraction of sp³-hybridized carbons (Fsp3) is 0.938. The molecule has 20 heavy (non-hydrogen) atoms. The molecule has 2 fully saturated rings. The third-order valence-corrected chi connectivity index (χ3v) is 4.91. The molecule has 0 saturated carbocycles. The van der Waals surface area contributed by atoms with E-state index >= 15 is 0 Å².